The molecule has 0 aliphatic carbocycles. The van der Waals surface area contributed by atoms with Crippen molar-refractivity contribution in [1.29, 1.82) is 0 Å². The summed E-state index contributed by atoms with van der Waals surface area (Å²) in [6, 6.07) is 12.5. The van der Waals surface area contributed by atoms with Gasteiger partial charge in [0.05, 0.1) is 13.0 Å². The standard InChI is InChI=1S/C21H21F3O4/c1-3-26-20(25)13-4-15(2)27-17-9-11-19(12-10-17)28-18-7-5-16(6-8-18)14-21(22,23)24/h4-13,15H,3,14H2,1-2H3. The summed E-state index contributed by atoms with van der Waals surface area (Å²) in [6.07, 6.45) is -2.64. The third-order valence-electron chi connectivity index (χ3n) is 3.50. The molecule has 7 heteroatoms. The van der Waals surface area contributed by atoms with Crippen molar-refractivity contribution in [3.63, 3.8) is 0 Å². The van der Waals surface area contributed by atoms with Crippen LogP contribution in [0.25, 0.3) is 0 Å². The van der Waals surface area contributed by atoms with Gasteiger partial charge in [-0.25, -0.2) is 4.79 Å². The van der Waals surface area contributed by atoms with Crippen LogP contribution in [-0.2, 0) is 16.0 Å². The van der Waals surface area contributed by atoms with Crippen LogP contribution in [0, 0.1) is 0 Å². The lowest BCUT2D eigenvalue weighted by Gasteiger charge is -2.12. The van der Waals surface area contributed by atoms with Gasteiger partial charge in [0.25, 0.3) is 0 Å². The topological polar surface area (TPSA) is 44.8 Å². The van der Waals surface area contributed by atoms with Crippen molar-refractivity contribution >= 4 is 5.97 Å². The van der Waals surface area contributed by atoms with E-state index in [-0.39, 0.29) is 11.7 Å². The number of rotatable bonds is 8. The number of carbonyl (C=O) groups excluding carboxylic acids is 1. The van der Waals surface area contributed by atoms with Crippen LogP contribution in [0.2, 0.25) is 0 Å². The fraction of sp³-hybridized carbons (Fsp3) is 0.286. The van der Waals surface area contributed by atoms with Crippen LogP contribution in [0.1, 0.15) is 19.4 Å². The number of halogens is 3. The second-order valence-corrected chi connectivity index (χ2v) is 5.94. The minimum atomic E-state index is -4.24. The van der Waals surface area contributed by atoms with Crippen molar-refractivity contribution in [2.75, 3.05) is 6.61 Å². The molecule has 0 aliphatic rings. The Labute approximate surface area is 161 Å². The largest absolute Gasteiger partial charge is 0.487 e. The lowest BCUT2D eigenvalue weighted by Crippen LogP contribution is -2.11. The summed E-state index contributed by atoms with van der Waals surface area (Å²) in [5.74, 6) is 1.10. The maximum Gasteiger partial charge on any atom is 0.393 e. The predicted molar refractivity (Wildman–Crippen MR) is 98.6 cm³/mol. The highest BCUT2D eigenvalue weighted by Crippen LogP contribution is 2.26. The summed E-state index contributed by atoms with van der Waals surface area (Å²) in [4.78, 5) is 11.3. The fourth-order valence-electron chi connectivity index (χ4n) is 2.29. The lowest BCUT2D eigenvalue weighted by atomic mass is 10.1. The summed E-state index contributed by atoms with van der Waals surface area (Å²) in [6.45, 7) is 3.82. The molecule has 0 aliphatic heterocycles. The van der Waals surface area contributed by atoms with E-state index < -0.39 is 18.6 Å². The minimum absolute atomic E-state index is 0.174. The molecule has 0 bridgehead atoms. The number of alkyl halides is 3. The van der Waals surface area contributed by atoms with E-state index in [2.05, 4.69) is 0 Å². The van der Waals surface area contributed by atoms with E-state index in [1.807, 2.05) is 0 Å². The van der Waals surface area contributed by atoms with Crippen LogP contribution >= 0.6 is 0 Å². The summed E-state index contributed by atoms with van der Waals surface area (Å²) in [7, 11) is 0. The quantitative estimate of drug-likeness (QED) is 0.440. The second-order valence-electron chi connectivity index (χ2n) is 5.94. The lowest BCUT2D eigenvalue weighted by molar-refractivity contribution is -0.137. The van der Waals surface area contributed by atoms with Gasteiger partial charge in [0.1, 0.15) is 23.4 Å². The van der Waals surface area contributed by atoms with Crippen molar-refractivity contribution in [1.82, 2.24) is 0 Å². The van der Waals surface area contributed by atoms with Gasteiger partial charge in [-0.3, -0.25) is 0 Å². The van der Waals surface area contributed by atoms with Crippen molar-refractivity contribution < 1.29 is 32.2 Å². The van der Waals surface area contributed by atoms with E-state index in [1.165, 1.54) is 30.3 Å². The molecule has 0 aromatic heterocycles. The molecule has 0 fully saturated rings. The van der Waals surface area contributed by atoms with Gasteiger partial charge in [-0.05, 0) is 61.9 Å². The fourth-order valence-corrected chi connectivity index (χ4v) is 2.29. The molecule has 1 unspecified atom stereocenters. The maximum absolute atomic E-state index is 12.4. The zero-order chi connectivity index (χ0) is 20.6. The molecule has 0 spiro atoms. The normalized spacial score (nSPS) is 12.6. The van der Waals surface area contributed by atoms with Gasteiger partial charge in [-0.15, -0.1) is 0 Å². The van der Waals surface area contributed by atoms with E-state index in [9.17, 15) is 18.0 Å². The molecule has 0 amide bonds. The molecule has 0 N–H and O–H groups in total. The molecular formula is C21H21F3O4. The third-order valence-corrected chi connectivity index (χ3v) is 3.50. The molecule has 0 saturated heterocycles. The summed E-state index contributed by atoms with van der Waals surface area (Å²) in [5.41, 5.74) is 0.174. The smallest absolute Gasteiger partial charge is 0.393 e. The van der Waals surface area contributed by atoms with Gasteiger partial charge in [-0.1, -0.05) is 12.1 Å². The Balaban J connectivity index is 1.89. The Hall–Kier alpha value is -2.96. The molecular weight excluding hydrogens is 373 g/mol. The van der Waals surface area contributed by atoms with Crippen LogP contribution in [-0.4, -0.2) is 24.9 Å². The number of carbonyl (C=O) groups is 1. The Morgan fingerprint density at radius 1 is 1.00 bits per heavy atom. The number of esters is 1. The van der Waals surface area contributed by atoms with Gasteiger partial charge in [0, 0.05) is 6.08 Å². The number of hydrogen-bond acceptors (Lipinski definition) is 4. The molecule has 2 rings (SSSR count). The van der Waals surface area contributed by atoms with Gasteiger partial charge in [0.15, 0.2) is 0 Å². The molecule has 0 heterocycles. The number of ether oxygens (including phenoxy) is 3. The number of benzene rings is 2. The van der Waals surface area contributed by atoms with Gasteiger partial charge >= 0.3 is 12.1 Å². The molecule has 0 radical (unpaired) electrons. The molecule has 150 valence electrons. The predicted octanol–water partition coefficient (Wildman–Crippen LogP) is 5.47. The molecule has 2 aromatic rings. The number of hydrogen-bond donors (Lipinski definition) is 0. The van der Waals surface area contributed by atoms with Crippen LogP contribution in [0.3, 0.4) is 0 Å². The van der Waals surface area contributed by atoms with E-state index in [1.54, 1.807) is 44.2 Å². The zero-order valence-corrected chi connectivity index (χ0v) is 15.5. The van der Waals surface area contributed by atoms with Crippen LogP contribution in [0.15, 0.2) is 60.7 Å². The SMILES string of the molecule is CCOC(=O)C=CC(C)Oc1ccc(Oc2ccc(CC(F)(F)F)cc2)cc1. The average Bonchev–Trinajstić information content (AvgIpc) is 2.62. The van der Waals surface area contributed by atoms with Gasteiger partial charge < -0.3 is 14.2 Å². The summed E-state index contributed by atoms with van der Waals surface area (Å²) >= 11 is 0. The Morgan fingerprint density at radius 3 is 2.07 bits per heavy atom. The third kappa shape index (κ3) is 7.73. The van der Waals surface area contributed by atoms with E-state index in [0.717, 1.165) is 0 Å². The average molecular weight is 394 g/mol. The van der Waals surface area contributed by atoms with Crippen LogP contribution in [0.4, 0.5) is 13.2 Å². The van der Waals surface area contributed by atoms with Crippen LogP contribution < -0.4 is 9.47 Å². The molecule has 0 saturated carbocycles. The summed E-state index contributed by atoms with van der Waals surface area (Å²) < 4.78 is 53.2. The Bertz CT molecular complexity index is 781. The highest BCUT2D eigenvalue weighted by molar-refractivity contribution is 5.81. The first-order chi connectivity index (χ1) is 13.2. The first kappa shape index (κ1) is 21.3. The van der Waals surface area contributed by atoms with Crippen molar-refractivity contribution in [3.8, 4) is 17.2 Å². The van der Waals surface area contributed by atoms with Gasteiger partial charge in [-0.2, -0.15) is 13.2 Å². The van der Waals surface area contributed by atoms with Crippen molar-refractivity contribution in [2.24, 2.45) is 0 Å². The first-order valence-corrected chi connectivity index (χ1v) is 8.70. The monoisotopic (exact) mass is 394 g/mol. The summed E-state index contributed by atoms with van der Waals surface area (Å²) in [5, 5.41) is 0. The molecule has 4 nitrogen and oxygen atoms in total. The van der Waals surface area contributed by atoms with Crippen molar-refractivity contribution in [2.45, 2.75) is 32.5 Å². The van der Waals surface area contributed by atoms with E-state index in [4.69, 9.17) is 14.2 Å². The van der Waals surface area contributed by atoms with Crippen LogP contribution in [0.5, 0.6) is 17.2 Å². The Kier molecular flexibility index (Phi) is 7.49. The van der Waals surface area contributed by atoms with E-state index in [0.29, 0.717) is 23.9 Å². The highest BCUT2D eigenvalue weighted by atomic mass is 19.4. The Morgan fingerprint density at radius 2 is 1.54 bits per heavy atom. The zero-order valence-electron chi connectivity index (χ0n) is 15.5. The first-order valence-electron chi connectivity index (χ1n) is 8.70. The van der Waals surface area contributed by atoms with Gasteiger partial charge in [0.2, 0.25) is 0 Å². The van der Waals surface area contributed by atoms with E-state index >= 15 is 0 Å². The van der Waals surface area contributed by atoms with Crippen molar-refractivity contribution in [3.05, 3.63) is 66.2 Å². The molecule has 2 aromatic carbocycles. The molecule has 28 heavy (non-hydrogen) atoms. The molecule has 1 atom stereocenters. The second kappa shape index (κ2) is 9.82. The maximum atomic E-state index is 12.4. The highest BCUT2D eigenvalue weighted by Gasteiger charge is 2.27. The minimum Gasteiger partial charge on any atom is -0.487 e.